The van der Waals surface area contributed by atoms with E-state index >= 15 is 0 Å². The van der Waals surface area contributed by atoms with Crippen LogP contribution < -0.4 is 5.32 Å². The van der Waals surface area contributed by atoms with Crippen molar-refractivity contribution in [3.05, 3.63) is 35.4 Å². The molecule has 2 N–H and O–H groups in total. The number of aliphatic carboxylic acids is 1. The lowest BCUT2D eigenvalue weighted by Crippen LogP contribution is -2.43. The summed E-state index contributed by atoms with van der Waals surface area (Å²) < 4.78 is 31.7. The highest BCUT2D eigenvalue weighted by atomic mass is 19.1. The van der Waals surface area contributed by atoms with Crippen LogP contribution in [-0.4, -0.2) is 36.2 Å². The molecular weight excluding hydrogens is 260 g/mol. The van der Waals surface area contributed by atoms with E-state index in [-0.39, 0.29) is 13.2 Å². The van der Waals surface area contributed by atoms with Crippen LogP contribution >= 0.6 is 0 Å². The first kappa shape index (κ1) is 13.4. The van der Waals surface area contributed by atoms with E-state index in [1.807, 2.05) is 0 Å². The standard InChI is InChI=1S/C12H11F2NO4/c13-7-2-1-3-8(14)10(7)11(16)15-9-5-19-4-6(9)12(17)18/h1-3,6,9H,4-5H2,(H,15,16)(H,17,18). The zero-order chi connectivity index (χ0) is 14.0. The molecule has 0 aliphatic carbocycles. The molecule has 0 spiro atoms. The van der Waals surface area contributed by atoms with E-state index in [1.165, 1.54) is 0 Å². The number of hydrogen-bond donors (Lipinski definition) is 2. The molecule has 102 valence electrons. The van der Waals surface area contributed by atoms with Crippen LogP contribution in [-0.2, 0) is 9.53 Å². The Hall–Kier alpha value is -2.02. The molecule has 2 unspecified atom stereocenters. The van der Waals surface area contributed by atoms with Crippen LogP contribution in [0.25, 0.3) is 0 Å². The minimum atomic E-state index is -1.13. The van der Waals surface area contributed by atoms with Crippen molar-refractivity contribution in [2.75, 3.05) is 13.2 Å². The average Bonchev–Trinajstić information content (AvgIpc) is 2.76. The minimum absolute atomic E-state index is 0.00121. The monoisotopic (exact) mass is 271 g/mol. The van der Waals surface area contributed by atoms with E-state index in [4.69, 9.17) is 9.84 Å². The number of amides is 1. The number of rotatable bonds is 3. The first-order chi connectivity index (χ1) is 9.00. The van der Waals surface area contributed by atoms with Gasteiger partial charge in [0.05, 0.1) is 19.3 Å². The topological polar surface area (TPSA) is 75.6 Å². The second-order valence-electron chi connectivity index (χ2n) is 4.16. The predicted molar refractivity (Wildman–Crippen MR) is 59.6 cm³/mol. The first-order valence-electron chi connectivity index (χ1n) is 5.56. The summed E-state index contributed by atoms with van der Waals surface area (Å²) in [6.45, 7) is -0.0428. The third-order valence-electron chi connectivity index (χ3n) is 2.90. The van der Waals surface area contributed by atoms with Crippen LogP contribution in [0.4, 0.5) is 8.78 Å². The zero-order valence-electron chi connectivity index (χ0n) is 9.73. The molecule has 19 heavy (non-hydrogen) atoms. The summed E-state index contributed by atoms with van der Waals surface area (Å²) in [5.74, 6) is -5.03. The number of ether oxygens (including phenoxy) is 1. The van der Waals surface area contributed by atoms with E-state index in [0.29, 0.717) is 0 Å². The van der Waals surface area contributed by atoms with Gasteiger partial charge in [0.15, 0.2) is 0 Å². The van der Waals surface area contributed by atoms with Crippen molar-refractivity contribution in [3.63, 3.8) is 0 Å². The van der Waals surface area contributed by atoms with Gasteiger partial charge in [-0.15, -0.1) is 0 Å². The van der Waals surface area contributed by atoms with E-state index in [1.54, 1.807) is 0 Å². The summed E-state index contributed by atoms with van der Waals surface area (Å²) >= 11 is 0. The van der Waals surface area contributed by atoms with Crippen molar-refractivity contribution in [1.82, 2.24) is 5.32 Å². The maximum atomic E-state index is 13.4. The summed E-state index contributed by atoms with van der Waals surface area (Å²) in [6, 6.07) is 2.25. The minimum Gasteiger partial charge on any atom is -0.481 e. The Morgan fingerprint density at radius 3 is 2.47 bits per heavy atom. The van der Waals surface area contributed by atoms with Crippen molar-refractivity contribution in [1.29, 1.82) is 0 Å². The summed E-state index contributed by atoms with van der Waals surface area (Å²) in [5, 5.41) is 11.2. The summed E-state index contributed by atoms with van der Waals surface area (Å²) in [5.41, 5.74) is -0.724. The molecule has 1 amide bonds. The number of carbonyl (C=O) groups is 2. The molecule has 7 heteroatoms. The molecule has 1 heterocycles. The highest BCUT2D eigenvalue weighted by Gasteiger charge is 2.35. The molecule has 0 bridgehead atoms. The lowest BCUT2D eigenvalue weighted by atomic mass is 10.0. The van der Waals surface area contributed by atoms with Gasteiger partial charge < -0.3 is 15.2 Å². The molecule has 5 nitrogen and oxygen atoms in total. The van der Waals surface area contributed by atoms with E-state index in [2.05, 4.69) is 5.32 Å². The van der Waals surface area contributed by atoms with Gasteiger partial charge in [-0.1, -0.05) is 6.07 Å². The predicted octanol–water partition coefficient (Wildman–Crippen LogP) is 0.794. The van der Waals surface area contributed by atoms with Gasteiger partial charge in [-0.25, -0.2) is 8.78 Å². The smallest absolute Gasteiger partial charge is 0.311 e. The Bertz CT molecular complexity index is 500. The first-order valence-corrected chi connectivity index (χ1v) is 5.56. The number of benzene rings is 1. The Morgan fingerprint density at radius 2 is 1.89 bits per heavy atom. The Kier molecular flexibility index (Phi) is 3.75. The summed E-state index contributed by atoms with van der Waals surface area (Å²) in [7, 11) is 0. The summed E-state index contributed by atoms with van der Waals surface area (Å²) in [4.78, 5) is 22.7. The van der Waals surface area contributed by atoms with Gasteiger partial charge in [0, 0.05) is 0 Å². The molecule has 1 aliphatic rings. The van der Waals surface area contributed by atoms with Crippen LogP contribution in [0.2, 0.25) is 0 Å². The van der Waals surface area contributed by atoms with Gasteiger partial charge in [-0.3, -0.25) is 9.59 Å². The number of nitrogens with one attached hydrogen (secondary N) is 1. The molecule has 1 aliphatic heterocycles. The lowest BCUT2D eigenvalue weighted by molar-refractivity contribution is -0.142. The summed E-state index contributed by atoms with van der Waals surface area (Å²) in [6.07, 6.45) is 0. The molecule has 0 aromatic heterocycles. The normalized spacial score (nSPS) is 22.2. The molecule has 0 radical (unpaired) electrons. The third-order valence-corrected chi connectivity index (χ3v) is 2.90. The number of carboxylic acid groups (broad SMARTS) is 1. The maximum Gasteiger partial charge on any atom is 0.311 e. The highest BCUT2D eigenvalue weighted by molar-refractivity contribution is 5.95. The molecule has 0 saturated carbocycles. The van der Waals surface area contributed by atoms with Crippen molar-refractivity contribution in [2.24, 2.45) is 5.92 Å². The Labute approximate surface area is 107 Å². The lowest BCUT2D eigenvalue weighted by Gasteiger charge is -2.16. The van der Waals surface area contributed by atoms with Crippen molar-refractivity contribution in [3.8, 4) is 0 Å². The fraction of sp³-hybridized carbons (Fsp3) is 0.333. The van der Waals surface area contributed by atoms with Crippen LogP contribution in [0, 0.1) is 17.6 Å². The Balaban J connectivity index is 2.15. The fourth-order valence-electron chi connectivity index (χ4n) is 1.90. The molecular formula is C12H11F2NO4. The van der Waals surface area contributed by atoms with E-state index in [0.717, 1.165) is 18.2 Å². The number of hydrogen-bond acceptors (Lipinski definition) is 3. The highest BCUT2D eigenvalue weighted by Crippen LogP contribution is 2.17. The van der Waals surface area contributed by atoms with E-state index < -0.39 is 41.0 Å². The van der Waals surface area contributed by atoms with Crippen LogP contribution in [0.15, 0.2) is 18.2 Å². The van der Waals surface area contributed by atoms with Gasteiger partial charge in [0.2, 0.25) is 0 Å². The maximum absolute atomic E-state index is 13.4. The molecule has 1 aromatic carbocycles. The van der Waals surface area contributed by atoms with Gasteiger partial charge in [-0.05, 0) is 12.1 Å². The molecule has 2 atom stereocenters. The quantitative estimate of drug-likeness (QED) is 0.852. The zero-order valence-corrected chi connectivity index (χ0v) is 9.73. The van der Waals surface area contributed by atoms with Crippen molar-refractivity contribution in [2.45, 2.75) is 6.04 Å². The molecule has 1 saturated heterocycles. The third kappa shape index (κ3) is 2.70. The van der Waals surface area contributed by atoms with Gasteiger partial charge in [-0.2, -0.15) is 0 Å². The fourth-order valence-corrected chi connectivity index (χ4v) is 1.90. The van der Waals surface area contributed by atoms with Gasteiger partial charge >= 0.3 is 5.97 Å². The second kappa shape index (κ2) is 5.31. The largest absolute Gasteiger partial charge is 0.481 e. The van der Waals surface area contributed by atoms with Crippen LogP contribution in [0.3, 0.4) is 0 Å². The second-order valence-corrected chi connectivity index (χ2v) is 4.16. The van der Waals surface area contributed by atoms with Crippen LogP contribution in [0.5, 0.6) is 0 Å². The average molecular weight is 271 g/mol. The van der Waals surface area contributed by atoms with Crippen molar-refractivity contribution < 1.29 is 28.2 Å². The number of carboxylic acids is 1. The molecule has 2 rings (SSSR count). The van der Waals surface area contributed by atoms with E-state index in [9.17, 15) is 18.4 Å². The van der Waals surface area contributed by atoms with Crippen molar-refractivity contribution >= 4 is 11.9 Å². The molecule has 1 aromatic rings. The Morgan fingerprint density at radius 1 is 1.26 bits per heavy atom. The number of halogens is 2. The van der Waals surface area contributed by atoms with Gasteiger partial charge in [0.25, 0.3) is 5.91 Å². The van der Waals surface area contributed by atoms with Crippen LogP contribution in [0.1, 0.15) is 10.4 Å². The number of carbonyl (C=O) groups excluding carboxylic acids is 1. The molecule has 1 fully saturated rings. The SMILES string of the molecule is O=C(NC1COCC1C(=O)O)c1c(F)cccc1F. The van der Waals surface area contributed by atoms with Gasteiger partial charge in [0.1, 0.15) is 23.1 Å².